The molecule has 4 fully saturated rings. The highest BCUT2D eigenvalue weighted by molar-refractivity contribution is 5.65. The second-order valence-electron chi connectivity index (χ2n) is 12.7. The number of hydrogen-bond acceptors (Lipinski definition) is 5. The van der Waals surface area contributed by atoms with E-state index >= 15 is 0 Å². The monoisotopic (exact) mass is 479 g/mol. The summed E-state index contributed by atoms with van der Waals surface area (Å²) in [6.45, 7) is 9.97. The van der Waals surface area contributed by atoms with E-state index in [1.807, 2.05) is 0 Å². The number of hydroxylamine groups is 2. The molecule has 196 valence electrons. The SMILES string of the molecule is CC[C@H]1[C@@H](O)[C@@H]2[C@H](CC[C@]3(C)C([C@H](C)CCOC(=O)N(C)OC)CC[C@@H]23)[C@@]2(C)CC[C@@H](O)C[C@@H]12. The van der Waals surface area contributed by atoms with Crippen LogP contribution in [0.5, 0.6) is 0 Å². The van der Waals surface area contributed by atoms with Gasteiger partial charge in [-0.3, -0.25) is 4.84 Å². The second-order valence-corrected chi connectivity index (χ2v) is 12.7. The topological polar surface area (TPSA) is 79.2 Å². The zero-order valence-corrected chi connectivity index (χ0v) is 22.3. The molecule has 0 aliphatic heterocycles. The standard InChI is InChI=1S/C28H49NO5/c1-7-19-23-16-18(30)10-13-28(23,4)22-11-14-27(3)20(8-9-21(27)24(22)25(19)31)17(2)12-15-34-26(32)29(5)33-6/h17-25,30-31H,7-16H2,1-6H3/t17-,18-,19-,20?,21+,22+,23+,24+,25-,27-,28-/m1/s1. The van der Waals surface area contributed by atoms with Gasteiger partial charge in [0.15, 0.2) is 0 Å². The van der Waals surface area contributed by atoms with Gasteiger partial charge in [-0.2, -0.15) is 5.06 Å². The van der Waals surface area contributed by atoms with Gasteiger partial charge in [-0.15, -0.1) is 0 Å². The lowest BCUT2D eigenvalue weighted by molar-refractivity contribution is -0.203. The molecule has 1 amide bonds. The number of aliphatic hydroxyl groups is 2. The summed E-state index contributed by atoms with van der Waals surface area (Å²) in [4.78, 5) is 16.8. The number of carbonyl (C=O) groups excluding carboxylic acids is 1. The number of ether oxygens (including phenoxy) is 1. The van der Waals surface area contributed by atoms with Crippen molar-refractivity contribution in [3.05, 3.63) is 0 Å². The Morgan fingerprint density at radius 1 is 1.06 bits per heavy atom. The molecular weight excluding hydrogens is 430 g/mol. The van der Waals surface area contributed by atoms with Crippen molar-refractivity contribution in [3.63, 3.8) is 0 Å². The third-order valence-corrected chi connectivity index (χ3v) is 11.5. The van der Waals surface area contributed by atoms with E-state index in [1.54, 1.807) is 7.05 Å². The molecule has 0 bridgehead atoms. The summed E-state index contributed by atoms with van der Waals surface area (Å²) < 4.78 is 5.41. The maximum absolute atomic E-state index is 11.9. The Hall–Kier alpha value is -0.850. The van der Waals surface area contributed by atoms with Crippen LogP contribution in [0.1, 0.15) is 85.5 Å². The molecule has 0 aromatic carbocycles. The largest absolute Gasteiger partial charge is 0.448 e. The first kappa shape index (κ1) is 26.2. The Bertz CT molecular complexity index is 732. The average molecular weight is 480 g/mol. The van der Waals surface area contributed by atoms with Crippen molar-refractivity contribution in [2.24, 2.45) is 52.3 Å². The highest BCUT2D eigenvalue weighted by Gasteiger charge is 2.64. The molecule has 0 aromatic rings. The van der Waals surface area contributed by atoms with Crippen LogP contribution in [0.4, 0.5) is 4.79 Å². The number of nitrogens with zero attached hydrogens (tertiary/aromatic N) is 1. The number of amides is 1. The minimum Gasteiger partial charge on any atom is -0.448 e. The van der Waals surface area contributed by atoms with Crippen LogP contribution in [0, 0.1) is 52.3 Å². The quantitative estimate of drug-likeness (QED) is 0.508. The van der Waals surface area contributed by atoms with E-state index < -0.39 is 6.09 Å². The molecule has 4 rings (SSSR count). The van der Waals surface area contributed by atoms with E-state index in [9.17, 15) is 15.0 Å². The van der Waals surface area contributed by atoms with Gasteiger partial charge in [0.25, 0.3) is 0 Å². The molecule has 4 aliphatic rings. The lowest BCUT2D eigenvalue weighted by Crippen LogP contribution is -2.62. The van der Waals surface area contributed by atoms with E-state index in [0.29, 0.717) is 48.0 Å². The predicted octanol–water partition coefficient (Wildman–Crippen LogP) is 5.27. The van der Waals surface area contributed by atoms with Gasteiger partial charge in [0.05, 0.1) is 25.9 Å². The Kier molecular flexibility index (Phi) is 7.63. The summed E-state index contributed by atoms with van der Waals surface area (Å²) in [6, 6.07) is 0. The maximum atomic E-state index is 11.9. The first-order chi connectivity index (χ1) is 16.1. The van der Waals surface area contributed by atoms with Crippen molar-refractivity contribution >= 4 is 6.09 Å². The Labute approximate surface area is 206 Å². The molecule has 0 aromatic heterocycles. The van der Waals surface area contributed by atoms with Crippen LogP contribution in [0.3, 0.4) is 0 Å². The van der Waals surface area contributed by atoms with Crippen molar-refractivity contribution in [3.8, 4) is 0 Å². The Balaban J connectivity index is 1.49. The number of rotatable bonds is 6. The van der Waals surface area contributed by atoms with Gasteiger partial charge in [0.2, 0.25) is 0 Å². The molecule has 6 heteroatoms. The third kappa shape index (κ3) is 4.20. The lowest BCUT2D eigenvalue weighted by atomic mass is 9.41. The van der Waals surface area contributed by atoms with Crippen LogP contribution in [0.15, 0.2) is 0 Å². The molecule has 34 heavy (non-hydrogen) atoms. The average Bonchev–Trinajstić information content (AvgIpc) is 3.17. The third-order valence-electron chi connectivity index (χ3n) is 11.5. The number of hydrogen-bond donors (Lipinski definition) is 2. The van der Waals surface area contributed by atoms with Gasteiger partial charge < -0.3 is 14.9 Å². The molecule has 6 nitrogen and oxygen atoms in total. The van der Waals surface area contributed by atoms with Crippen LogP contribution in [0.2, 0.25) is 0 Å². The van der Waals surface area contributed by atoms with Crippen molar-refractivity contribution in [1.29, 1.82) is 0 Å². The van der Waals surface area contributed by atoms with Crippen molar-refractivity contribution in [2.45, 2.75) is 97.7 Å². The predicted molar refractivity (Wildman–Crippen MR) is 132 cm³/mol. The molecule has 0 heterocycles. The van der Waals surface area contributed by atoms with E-state index in [-0.39, 0.29) is 23.0 Å². The fraction of sp³-hybridized carbons (Fsp3) is 0.964. The van der Waals surface area contributed by atoms with Gasteiger partial charge in [0.1, 0.15) is 0 Å². The summed E-state index contributed by atoms with van der Waals surface area (Å²) >= 11 is 0. The number of carbonyl (C=O) groups is 1. The van der Waals surface area contributed by atoms with Crippen molar-refractivity contribution < 1.29 is 24.6 Å². The van der Waals surface area contributed by atoms with E-state index in [4.69, 9.17) is 9.57 Å². The molecule has 1 unspecified atom stereocenters. The summed E-state index contributed by atoms with van der Waals surface area (Å²) in [5, 5.41) is 23.4. The molecule has 0 spiro atoms. The fourth-order valence-electron chi connectivity index (χ4n) is 9.63. The molecule has 4 aliphatic carbocycles. The van der Waals surface area contributed by atoms with Crippen LogP contribution < -0.4 is 0 Å². The molecule has 0 radical (unpaired) electrons. The Morgan fingerprint density at radius 3 is 2.41 bits per heavy atom. The highest BCUT2D eigenvalue weighted by atomic mass is 16.7. The van der Waals surface area contributed by atoms with E-state index in [1.165, 1.54) is 32.8 Å². The van der Waals surface area contributed by atoms with Gasteiger partial charge in [-0.05, 0) is 104 Å². The second kappa shape index (κ2) is 9.89. The smallest absolute Gasteiger partial charge is 0.433 e. The van der Waals surface area contributed by atoms with Crippen molar-refractivity contribution in [1.82, 2.24) is 5.06 Å². The summed E-state index contributed by atoms with van der Waals surface area (Å²) in [6.07, 6.45) is 8.71. The molecule has 11 atom stereocenters. The minimum absolute atomic E-state index is 0.195. The van der Waals surface area contributed by atoms with Gasteiger partial charge in [-0.1, -0.05) is 34.1 Å². The molecule has 0 saturated heterocycles. The Morgan fingerprint density at radius 2 is 1.74 bits per heavy atom. The van der Waals surface area contributed by atoms with Crippen LogP contribution in [0.25, 0.3) is 0 Å². The first-order valence-corrected chi connectivity index (χ1v) is 13.9. The first-order valence-electron chi connectivity index (χ1n) is 13.9. The number of aliphatic hydroxyl groups excluding tert-OH is 2. The van der Waals surface area contributed by atoms with Crippen LogP contribution >= 0.6 is 0 Å². The molecular formula is C28H49NO5. The van der Waals surface area contributed by atoms with Crippen molar-refractivity contribution in [2.75, 3.05) is 20.8 Å². The summed E-state index contributed by atoms with van der Waals surface area (Å²) in [5.41, 5.74) is 0.487. The van der Waals surface area contributed by atoms with Gasteiger partial charge in [-0.25, -0.2) is 4.79 Å². The van der Waals surface area contributed by atoms with E-state index in [2.05, 4.69) is 27.7 Å². The lowest BCUT2D eigenvalue weighted by Gasteiger charge is -2.64. The summed E-state index contributed by atoms with van der Waals surface area (Å²) in [5.74, 6) is 3.34. The van der Waals surface area contributed by atoms with Gasteiger partial charge >= 0.3 is 6.09 Å². The maximum Gasteiger partial charge on any atom is 0.433 e. The molecule has 4 saturated carbocycles. The van der Waals surface area contributed by atoms with Crippen LogP contribution in [-0.4, -0.2) is 54.3 Å². The van der Waals surface area contributed by atoms with Gasteiger partial charge in [0, 0.05) is 7.05 Å². The zero-order chi connectivity index (χ0) is 24.8. The zero-order valence-electron chi connectivity index (χ0n) is 22.3. The highest BCUT2D eigenvalue weighted by Crippen LogP contribution is 2.69. The molecule has 2 N–H and O–H groups in total. The summed E-state index contributed by atoms with van der Waals surface area (Å²) in [7, 11) is 3.02. The minimum atomic E-state index is -0.443. The fourth-order valence-corrected chi connectivity index (χ4v) is 9.63. The van der Waals surface area contributed by atoms with E-state index in [0.717, 1.165) is 37.2 Å². The van der Waals surface area contributed by atoms with Crippen LogP contribution in [-0.2, 0) is 9.57 Å². The number of fused-ring (bicyclic) bond motifs is 5. The normalized spacial score (nSPS) is 46.7.